The van der Waals surface area contributed by atoms with Gasteiger partial charge in [-0.2, -0.15) is 0 Å². The molecule has 8 atom stereocenters. The lowest BCUT2D eigenvalue weighted by Crippen LogP contribution is -2.47. The number of ether oxygens (including phenoxy) is 1. The van der Waals surface area contributed by atoms with Gasteiger partial charge in [0.05, 0.1) is 16.9 Å². The average molecular weight is 374 g/mol. The SMILES string of the molecule is CCCC[C@@H]1C[C@]23C[C@@]1(O)CC[C@H]2[C@@]12CC=C[C@](C)(C(=O)O1)[C@H]2[C@@H]3C(=O)O. The van der Waals surface area contributed by atoms with Crippen molar-refractivity contribution in [3.05, 3.63) is 12.2 Å². The number of aliphatic hydroxyl groups is 1. The summed E-state index contributed by atoms with van der Waals surface area (Å²) < 4.78 is 6.10. The maximum absolute atomic E-state index is 12.8. The van der Waals surface area contributed by atoms with E-state index in [4.69, 9.17) is 4.74 Å². The second kappa shape index (κ2) is 5.16. The highest BCUT2D eigenvalue weighted by Gasteiger charge is 2.82. The van der Waals surface area contributed by atoms with Gasteiger partial charge in [0.15, 0.2) is 0 Å². The van der Waals surface area contributed by atoms with Gasteiger partial charge in [-0.3, -0.25) is 9.59 Å². The van der Waals surface area contributed by atoms with Gasteiger partial charge in [0, 0.05) is 18.3 Å². The molecule has 0 aromatic rings. The van der Waals surface area contributed by atoms with Crippen molar-refractivity contribution in [1.29, 1.82) is 0 Å². The Kier molecular flexibility index (Phi) is 3.39. The second-order valence-electron chi connectivity index (χ2n) is 10.2. The summed E-state index contributed by atoms with van der Waals surface area (Å²) in [5.74, 6) is -1.81. The summed E-state index contributed by atoms with van der Waals surface area (Å²) in [6.07, 6.45) is 10.4. The molecule has 1 spiro atoms. The van der Waals surface area contributed by atoms with Gasteiger partial charge in [-0.25, -0.2) is 0 Å². The third kappa shape index (κ3) is 1.85. The molecule has 5 aliphatic rings. The van der Waals surface area contributed by atoms with Gasteiger partial charge in [0.1, 0.15) is 5.60 Å². The molecule has 5 heteroatoms. The van der Waals surface area contributed by atoms with E-state index in [1.54, 1.807) is 0 Å². The van der Waals surface area contributed by atoms with Gasteiger partial charge in [0.2, 0.25) is 0 Å². The number of unbranched alkanes of at least 4 members (excludes halogenated alkanes) is 1. The average Bonchev–Trinajstić information content (AvgIpc) is 3.01. The molecule has 1 saturated heterocycles. The first-order valence-electron chi connectivity index (χ1n) is 10.6. The van der Waals surface area contributed by atoms with Gasteiger partial charge in [-0.1, -0.05) is 31.9 Å². The first kappa shape index (κ1) is 17.7. The Morgan fingerprint density at radius 1 is 1.41 bits per heavy atom. The van der Waals surface area contributed by atoms with Gasteiger partial charge >= 0.3 is 11.9 Å². The van der Waals surface area contributed by atoms with Crippen LogP contribution in [0.2, 0.25) is 0 Å². The molecule has 0 aromatic carbocycles. The molecule has 1 heterocycles. The quantitative estimate of drug-likeness (QED) is 0.583. The van der Waals surface area contributed by atoms with Crippen LogP contribution in [0.4, 0.5) is 0 Å². The van der Waals surface area contributed by atoms with Crippen LogP contribution in [0.5, 0.6) is 0 Å². The molecule has 2 N–H and O–H groups in total. The predicted octanol–water partition coefficient (Wildman–Crippen LogP) is 3.31. The first-order valence-corrected chi connectivity index (χ1v) is 10.6. The van der Waals surface area contributed by atoms with Crippen LogP contribution in [-0.2, 0) is 14.3 Å². The van der Waals surface area contributed by atoms with Crippen LogP contribution in [0.1, 0.15) is 65.2 Å². The third-order valence-corrected chi connectivity index (χ3v) is 9.09. The molecule has 148 valence electrons. The van der Waals surface area contributed by atoms with Crippen molar-refractivity contribution in [2.45, 2.75) is 76.4 Å². The topological polar surface area (TPSA) is 83.8 Å². The molecule has 5 rings (SSSR count). The van der Waals surface area contributed by atoms with Gasteiger partial charge in [-0.05, 0) is 50.4 Å². The van der Waals surface area contributed by atoms with Crippen molar-refractivity contribution >= 4 is 11.9 Å². The zero-order chi connectivity index (χ0) is 19.2. The van der Waals surface area contributed by atoms with Gasteiger partial charge < -0.3 is 14.9 Å². The molecule has 0 aromatic heterocycles. The van der Waals surface area contributed by atoms with E-state index in [9.17, 15) is 19.8 Å². The monoisotopic (exact) mass is 374 g/mol. The molecule has 0 amide bonds. The molecule has 1 aliphatic heterocycles. The van der Waals surface area contributed by atoms with Crippen molar-refractivity contribution in [1.82, 2.24) is 0 Å². The largest absolute Gasteiger partial charge is 0.481 e. The minimum atomic E-state index is -0.854. The third-order valence-electron chi connectivity index (χ3n) is 9.09. The maximum atomic E-state index is 12.8. The number of carbonyl (C=O) groups excluding carboxylic acids is 1. The van der Waals surface area contributed by atoms with Crippen LogP contribution in [0.25, 0.3) is 0 Å². The van der Waals surface area contributed by atoms with E-state index < -0.39 is 33.9 Å². The van der Waals surface area contributed by atoms with Crippen molar-refractivity contribution in [3.63, 3.8) is 0 Å². The number of esters is 1. The molecular weight excluding hydrogens is 344 g/mol. The Hall–Kier alpha value is -1.36. The molecule has 3 saturated carbocycles. The summed E-state index contributed by atoms with van der Waals surface area (Å²) in [6, 6.07) is 0. The molecule has 4 fully saturated rings. The second-order valence-corrected chi connectivity index (χ2v) is 10.2. The Morgan fingerprint density at radius 3 is 2.89 bits per heavy atom. The fourth-order valence-electron chi connectivity index (χ4n) is 8.27. The van der Waals surface area contributed by atoms with Crippen molar-refractivity contribution in [2.75, 3.05) is 0 Å². The smallest absolute Gasteiger partial charge is 0.316 e. The minimum absolute atomic E-state index is 0.0405. The Bertz CT molecular complexity index is 745. The lowest BCUT2D eigenvalue weighted by atomic mass is 9.62. The summed E-state index contributed by atoms with van der Waals surface area (Å²) in [7, 11) is 0. The van der Waals surface area contributed by atoms with Crippen molar-refractivity contribution in [3.8, 4) is 0 Å². The molecule has 0 radical (unpaired) electrons. The predicted molar refractivity (Wildman–Crippen MR) is 97.7 cm³/mol. The number of hydrogen-bond acceptors (Lipinski definition) is 4. The summed E-state index contributed by atoms with van der Waals surface area (Å²) >= 11 is 0. The zero-order valence-corrected chi connectivity index (χ0v) is 16.2. The van der Waals surface area contributed by atoms with Crippen LogP contribution >= 0.6 is 0 Å². The van der Waals surface area contributed by atoms with E-state index in [0.29, 0.717) is 19.3 Å². The summed E-state index contributed by atoms with van der Waals surface area (Å²) in [4.78, 5) is 25.4. The van der Waals surface area contributed by atoms with Crippen LogP contribution in [0.15, 0.2) is 12.2 Å². The van der Waals surface area contributed by atoms with Crippen LogP contribution in [0, 0.1) is 34.5 Å². The first-order chi connectivity index (χ1) is 12.7. The van der Waals surface area contributed by atoms with Crippen molar-refractivity contribution < 1.29 is 24.5 Å². The van der Waals surface area contributed by atoms with Crippen LogP contribution < -0.4 is 0 Å². The number of carboxylic acid groups (broad SMARTS) is 1. The summed E-state index contributed by atoms with van der Waals surface area (Å²) in [5.41, 5.74) is -2.74. The number of aliphatic carboxylic acids is 1. The fourth-order valence-corrected chi connectivity index (χ4v) is 8.27. The van der Waals surface area contributed by atoms with E-state index in [2.05, 4.69) is 6.92 Å². The molecule has 5 nitrogen and oxygen atoms in total. The highest BCUT2D eigenvalue weighted by atomic mass is 16.6. The Labute approximate surface area is 160 Å². The van der Waals surface area contributed by atoms with Gasteiger partial charge in [0.25, 0.3) is 0 Å². The number of fused-ring (bicyclic) bond motifs is 1. The fraction of sp³-hybridized carbons (Fsp3) is 0.818. The number of carboxylic acids is 1. The summed E-state index contributed by atoms with van der Waals surface area (Å²) in [6.45, 7) is 4.01. The molecule has 4 aliphatic carbocycles. The highest BCUT2D eigenvalue weighted by Crippen LogP contribution is 2.78. The molecule has 0 unspecified atom stereocenters. The van der Waals surface area contributed by atoms with Crippen LogP contribution in [-0.4, -0.2) is 33.4 Å². The van der Waals surface area contributed by atoms with E-state index in [0.717, 1.165) is 32.1 Å². The zero-order valence-electron chi connectivity index (χ0n) is 16.2. The normalized spacial score (nSPS) is 54.6. The maximum Gasteiger partial charge on any atom is 0.316 e. The Balaban J connectivity index is 1.65. The van der Waals surface area contributed by atoms with E-state index in [1.807, 2.05) is 19.1 Å². The highest BCUT2D eigenvalue weighted by molar-refractivity contribution is 5.86. The standard InChI is InChI=1S/C22H30O5/c1-3-4-6-13-11-20-12-21(13,26)10-7-14(20)22-9-5-8-19(2,18(25)27-22)16(22)15(20)17(23)24/h5,8,13-16,26H,3-4,6-7,9-12H2,1-2H3,(H,23,24)/t13-,14-,15-,16-,19+,20+,21+,22-/m1/s1. The lowest BCUT2D eigenvalue weighted by Gasteiger charge is -2.45. The number of rotatable bonds is 4. The Morgan fingerprint density at radius 2 is 2.19 bits per heavy atom. The summed E-state index contributed by atoms with van der Waals surface area (Å²) in [5, 5.41) is 21.8. The number of carbonyl (C=O) groups is 2. The van der Waals surface area contributed by atoms with E-state index in [-0.39, 0.29) is 23.7 Å². The number of hydrogen-bond donors (Lipinski definition) is 2. The minimum Gasteiger partial charge on any atom is -0.481 e. The van der Waals surface area contributed by atoms with E-state index >= 15 is 0 Å². The van der Waals surface area contributed by atoms with E-state index in [1.165, 1.54) is 0 Å². The van der Waals surface area contributed by atoms with Crippen molar-refractivity contribution in [2.24, 2.45) is 34.5 Å². The molecule has 4 bridgehead atoms. The van der Waals surface area contributed by atoms with Crippen LogP contribution in [0.3, 0.4) is 0 Å². The molecular formula is C22H30O5. The molecule has 27 heavy (non-hydrogen) atoms. The lowest BCUT2D eigenvalue weighted by molar-refractivity contribution is -0.162. The van der Waals surface area contributed by atoms with Gasteiger partial charge in [-0.15, -0.1) is 0 Å².